The van der Waals surface area contributed by atoms with Crippen molar-refractivity contribution in [2.75, 3.05) is 31.6 Å². The number of rotatable bonds is 3. The van der Waals surface area contributed by atoms with E-state index in [1.54, 1.807) is 4.90 Å². The average molecular weight is 289 g/mol. The van der Waals surface area contributed by atoms with Gasteiger partial charge in [0.05, 0.1) is 6.61 Å². The number of hydrogen-bond donors (Lipinski definition) is 2. The van der Waals surface area contributed by atoms with Crippen LogP contribution in [0.15, 0.2) is 24.3 Å². The maximum absolute atomic E-state index is 11.1. The lowest BCUT2D eigenvalue weighted by molar-refractivity contribution is 0.193. The van der Waals surface area contributed by atoms with Gasteiger partial charge in [0.2, 0.25) is 0 Å². The Morgan fingerprint density at radius 1 is 1.19 bits per heavy atom. The smallest absolute Gasteiger partial charge is 0.314 e. The van der Waals surface area contributed by atoms with Crippen molar-refractivity contribution in [1.82, 2.24) is 4.90 Å². The summed E-state index contributed by atoms with van der Waals surface area (Å²) in [5.41, 5.74) is 7.81. The summed E-state index contributed by atoms with van der Waals surface area (Å²) in [4.78, 5) is 12.8. The summed E-state index contributed by atoms with van der Waals surface area (Å²) in [6.45, 7) is 3.20. The van der Waals surface area contributed by atoms with Gasteiger partial charge in [0, 0.05) is 37.3 Å². The van der Waals surface area contributed by atoms with Gasteiger partial charge in [-0.1, -0.05) is 12.1 Å². The maximum atomic E-state index is 11.1. The summed E-state index contributed by atoms with van der Waals surface area (Å²) in [5.74, 6) is 0.554. The Hall–Kier alpha value is -1.75. The number of nitrogens with one attached hydrogen (secondary N) is 1. The number of carbonyl (C=O) groups excluding carboxylic acids is 1. The van der Waals surface area contributed by atoms with Crippen LogP contribution in [0.1, 0.15) is 30.7 Å². The minimum absolute atomic E-state index is 0.309. The number of carbonyl (C=O) groups is 1. The summed E-state index contributed by atoms with van der Waals surface area (Å²) in [5, 5.41) is 3.55. The molecule has 0 unspecified atom stereocenters. The summed E-state index contributed by atoms with van der Waals surface area (Å²) < 4.78 is 5.43. The quantitative estimate of drug-likeness (QED) is 0.896. The van der Waals surface area contributed by atoms with E-state index >= 15 is 0 Å². The predicted octanol–water partition coefficient (Wildman–Crippen LogP) is 2.15. The molecule has 1 atom stereocenters. The number of benzene rings is 1. The van der Waals surface area contributed by atoms with Crippen molar-refractivity contribution in [2.24, 2.45) is 5.73 Å². The fourth-order valence-electron chi connectivity index (χ4n) is 3.13. The van der Waals surface area contributed by atoms with E-state index in [1.807, 2.05) is 0 Å². The van der Waals surface area contributed by atoms with Crippen LogP contribution in [0.2, 0.25) is 0 Å². The molecule has 0 spiro atoms. The van der Waals surface area contributed by atoms with Gasteiger partial charge < -0.3 is 20.7 Å². The van der Waals surface area contributed by atoms with Crippen LogP contribution in [0.4, 0.5) is 10.5 Å². The lowest BCUT2D eigenvalue weighted by Crippen LogP contribution is -2.44. The zero-order valence-corrected chi connectivity index (χ0v) is 12.3. The highest BCUT2D eigenvalue weighted by Crippen LogP contribution is 2.26. The van der Waals surface area contributed by atoms with E-state index in [1.165, 1.54) is 5.56 Å². The van der Waals surface area contributed by atoms with Crippen molar-refractivity contribution in [3.05, 3.63) is 29.8 Å². The highest BCUT2D eigenvalue weighted by Gasteiger charge is 2.21. The van der Waals surface area contributed by atoms with Crippen molar-refractivity contribution in [3.8, 4) is 0 Å². The number of amides is 2. The molecule has 0 aliphatic carbocycles. The molecule has 1 aromatic carbocycles. The number of nitrogens with two attached hydrogens (primary N) is 1. The van der Waals surface area contributed by atoms with Crippen molar-refractivity contribution < 1.29 is 9.53 Å². The topological polar surface area (TPSA) is 67.6 Å². The van der Waals surface area contributed by atoms with Crippen LogP contribution in [0, 0.1) is 0 Å². The monoisotopic (exact) mass is 289 g/mol. The molecule has 2 amide bonds. The summed E-state index contributed by atoms with van der Waals surface area (Å²) in [6.07, 6.45) is 3.01. The molecule has 2 aliphatic heterocycles. The van der Waals surface area contributed by atoms with E-state index in [4.69, 9.17) is 10.5 Å². The van der Waals surface area contributed by atoms with Gasteiger partial charge in [-0.3, -0.25) is 0 Å². The summed E-state index contributed by atoms with van der Waals surface area (Å²) in [6, 6.07) is 8.79. The number of likely N-dealkylation sites (tertiary alicyclic amines) is 1. The third kappa shape index (κ3) is 3.47. The van der Waals surface area contributed by atoms with Crippen LogP contribution < -0.4 is 11.1 Å². The van der Waals surface area contributed by atoms with Crippen LogP contribution in [0.25, 0.3) is 0 Å². The number of ether oxygens (including phenoxy) is 1. The Labute approximate surface area is 125 Å². The molecule has 2 aliphatic rings. The van der Waals surface area contributed by atoms with Crippen LogP contribution in [0.5, 0.6) is 0 Å². The zero-order valence-electron chi connectivity index (χ0n) is 12.3. The Kier molecular flexibility index (Phi) is 4.29. The van der Waals surface area contributed by atoms with Gasteiger partial charge in [-0.05, 0) is 37.0 Å². The first-order valence-corrected chi connectivity index (χ1v) is 7.71. The van der Waals surface area contributed by atoms with Crippen LogP contribution >= 0.6 is 0 Å². The second kappa shape index (κ2) is 6.35. The molecule has 3 rings (SSSR count). The predicted molar refractivity (Wildman–Crippen MR) is 82.4 cm³/mol. The molecular weight excluding hydrogens is 266 g/mol. The van der Waals surface area contributed by atoms with Gasteiger partial charge in [-0.25, -0.2) is 4.79 Å². The SMILES string of the molecule is NC(=O)N1CCC(Nc2ccc([C@H]3CCOC3)cc2)CC1. The molecule has 5 nitrogen and oxygen atoms in total. The molecular formula is C16H23N3O2. The molecule has 114 valence electrons. The average Bonchev–Trinajstić information content (AvgIpc) is 3.03. The number of hydrogen-bond acceptors (Lipinski definition) is 3. The minimum atomic E-state index is -0.309. The standard InChI is InChI=1S/C16H23N3O2/c17-16(20)19-8-5-15(6-9-19)18-14-3-1-12(2-4-14)13-7-10-21-11-13/h1-4,13,15,18H,5-11H2,(H2,17,20)/t13-/m0/s1. The highest BCUT2D eigenvalue weighted by atomic mass is 16.5. The Morgan fingerprint density at radius 2 is 1.90 bits per heavy atom. The minimum Gasteiger partial charge on any atom is -0.382 e. The van der Waals surface area contributed by atoms with Gasteiger partial charge in [0.15, 0.2) is 0 Å². The Morgan fingerprint density at radius 3 is 2.48 bits per heavy atom. The molecule has 0 saturated carbocycles. The number of anilines is 1. The Balaban J connectivity index is 1.52. The van der Waals surface area contributed by atoms with Gasteiger partial charge in [-0.2, -0.15) is 0 Å². The fourth-order valence-corrected chi connectivity index (χ4v) is 3.13. The number of nitrogens with zero attached hydrogens (tertiary/aromatic N) is 1. The Bertz CT molecular complexity index is 475. The van der Waals surface area contributed by atoms with E-state index in [2.05, 4.69) is 29.6 Å². The molecule has 2 saturated heterocycles. The molecule has 0 bridgehead atoms. The number of urea groups is 1. The van der Waals surface area contributed by atoms with Crippen molar-refractivity contribution >= 4 is 11.7 Å². The van der Waals surface area contributed by atoms with E-state index in [0.717, 1.165) is 51.3 Å². The molecule has 5 heteroatoms. The van der Waals surface area contributed by atoms with E-state index in [-0.39, 0.29) is 6.03 Å². The van der Waals surface area contributed by atoms with Crippen LogP contribution in [-0.4, -0.2) is 43.3 Å². The van der Waals surface area contributed by atoms with Crippen molar-refractivity contribution in [2.45, 2.75) is 31.2 Å². The lowest BCUT2D eigenvalue weighted by Gasteiger charge is -2.31. The van der Waals surface area contributed by atoms with Crippen molar-refractivity contribution in [3.63, 3.8) is 0 Å². The zero-order chi connectivity index (χ0) is 14.7. The molecule has 2 fully saturated rings. The van der Waals surface area contributed by atoms with E-state index < -0.39 is 0 Å². The first kappa shape index (κ1) is 14.2. The fraction of sp³-hybridized carbons (Fsp3) is 0.562. The van der Waals surface area contributed by atoms with Gasteiger partial charge >= 0.3 is 6.03 Å². The third-order valence-corrected chi connectivity index (χ3v) is 4.49. The molecule has 21 heavy (non-hydrogen) atoms. The van der Waals surface area contributed by atoms with E-state index in [9.17, 15) is 4.79 Å². The molecule has 1 aromatic rings. The third-order valence-electron chi connectivity index (χ3n) is 4.49. The molecule has 0 aromatic heterocycles. The van der Waals surface area contributed by atoms with Gasteiger partial charge in [-0.15, -0.1) is 0 Å². The highest BCUT2D eigenvalue weighted by molar-refractivity contribution is 5.72. The molecule has 2 heterocycles. The van der Waals surface area contributed by atoms with E-state index in [0.29, 0.717) is 12.0 Å². The van der Waals surface area contributed by atoms with Gasteiger partial charge in [0.25, 0.3) is 0 Å². The maximum Gasteiger partial charge on any atom is 0.314 e. The molecule has 0 radical (unpaired) electrons. The van der Waals surface area contributed by atoms with Crippen molar-refractivity contribution in [1.29, 1.82) is 0 Å². The second-order valence-corrected chi connectivity index (χ2v) is 5.93. The summed E-state index contributed by atoms with van der Waals surface area (Å²) >= 11 is 0. The summed E-state index contributed by atoms with van der Waals surface area (Å²) in [7, 11) is 0. The first-order chi connectivity index (χ1) is 10.2. The number of primary amides is 1. The molecule has 3 N–H and O–H groups in total. The van der Waals surface area contributed by atoms with Crippen LogP contribution in [0.3, 0.4) is 0 Å². The first-order valence-electron chi connectivity index (χ1n) is 7.71. The number of piperidine rings is 1. The van der Waals surface area contributed by atoms with Gasteiger partial charge in [0.1, 0.15) is 0 Å². The largest absolute Gasteiger partial charge is 0.382 e. The normalized spacial score (nSPS) is 23.2. The second-order valence-electron chi connectivity index (χ2n) is 5.93. The van der Waals surface area contributed by atoms with Crippen LogP contribution in [-0.2, 0) is 4.74 Å². The lowest BCUT2D eigenvalue weighted by atomic mass is 9.98.